The van der Waals surface area contributed by atoms with Crippen LogP contribution in [0.1, 0.15) is 33.7 Å². The zero-order valence-corrected chi connectivity index (χ0v) is 23.2. The number of hydrogen-bond acceptors (Lipinski definition) is 6. The Morgan fingerprint density at radius 1 is 1.05 bits per heavy atom. The molecule has 0 aliphatic rings. The SMILES string of the molecule is CSCC[C@H](NC(=O)c1ccc(COCc2cnc(-c3ccccc3Cl)o2)cc1-c1ccccc1C)C(=O)O.[LiH]. The van der Waals surface area contributed by atoms with Crippen molar-refractivity contribution in [3.05, 3.63) is 100 Å². The van der Waals surface area contributed by atoms with Crippen LogP contribution in [0, 0.1) is 6.92 Å². The normalized spacial score (nSPS) is 11.5. The third-order valence-electron chi connectivity index (χ3n) is 6.15. The Labute approximate surface area is 254 Å². The molecule has 0 aliphatic carbocycles. The fourth-order valence-corrected chi connectivity index (χ4v) is 4.80. The van der Waals surface area contributed by atoms with E-state index in [2.05, 4.69) is 10.3 Å². The molecule has 4 rings (SSSR count). The molecule has 2 N–H and O–H groups in total. The van der Waals surface area contributed by atoms with Crippen LogP contribution in [0.2, 0.25) is 5.02 Å². The molecule has 0 radical (unpaired) electrons. The van der Waals surface area contributed by atoms with Gasteiger partial charge >= 0.3 is 24.8 Å². The topological polar surface area (TPSA) is 102 Å². The molecule has 0 aliphatic heterocycles. The van der Waals surface area contributed by atoms with Gasteiger partial charge in [0.05, 0.1) is 23.4 Å². The second kappa shape index (κ2) is 15.1. The molecule has 0 saturated carbocycles. The van der Waals surface area contributed by atoms with Crippen molar-refractivity contribution >= 4 is 54.1 Å². The van der Waals surface area contributed by atoms with E-state index in [-0.39, 0.29) is 32.1 Å². The number of thioether (sulfide) groups is 1. The molecule has 1 amide bonds. The summed E-state index contributed by atoms with van der Waals surface area (Å²) in [5.41, 5.74) is 4.56. The van der Waals surface area contributed by atoms with Gasteiger partial charge in [-0.05, 0) is 71.9 Å². The number of aliphatic carboxylic acids is 1. The molecule has 7 nitrogen and oxygen atoms in total. The van der Waals surface area contributed by atoms with Crippen molar-refractivity contribution in [1.29, 1.82) is 0 Å². The van der Waals surface area contributed by atoms with Gasteiger partial charge in [-0.15, -0.1) is 0 Å². The fraction of sp³-hybridized carbons (Fsp3) is 0.233. The summed E-state index contributed by atoms with van der Waals surface area (Å²) in [4.78, 5) is 29.3. The number of carbonyl (C=O) groups excluding carboxylic acids is 1. The summed E-state index contributed by atoms with van der Waals surface area (Å²) in [6, 6.07) is 19.5. The Balaban J connectivity index is 0.00000441. The first-order chi connectivity index (χ1) is 18.9. The van der Waals surface area contributed by atoms with Crippen LogP contribution in [0.4, 0.5) is 0 Å². The maximum atomic E-state index is 13.2. The monoisotopic (exact) mass is 572 g/mol. The zero-order valence-electron chi connectivity index (χ0n) is 21.6. The predicted molar refractivity (Wildman–Crippen MR) is 161 cm³/mol. The number of nitrogens with one attached hydrogen (secondary N) is 1. The van der Waals surface area contributed by atoms with E-state index in [0.29, 0.717) is 45.5 Å². The number of carboxylic acids is 1. The van der Waals surface area contributed by atoms with Gasteiger partial charge < -0.3 is 19.6 Å². The Morgan fingerprint density at radius 3 is 2.48 bits per heavy atom. The van der Waals surface area contributed by atoms with Crippen molar-refractivity contribution in [2.24, 2.45) is 0 Å². The van der Waals surface area contributed by atoms with Crippen LogP contribution >= 0.6 is 23.4 Å². The number of aromatic nitrogens is 1. The number of carbonyl (C=O) groups is 2. The van der Waals surface area contributed by atoms with Crippen molar-refractivity contribution in [3.63, 3.8) is 0 Å². The van der Waals surface area contributed by atoms with Crippen LogP contribution in [-0.2, 0) is 22.7 Å². The molecule has 0 spiro atoms. The standard InChI is InChI=1S/C30H29ClN2O5S.Li.H/c1-19-7-3-4-8-22(19)25-15-20(11-12-23(25)28(34)33-27(30(35)36)13-14-39-2)17-37-18-21-16-32-29(38-21)24-9-5-6-10-26(24)31;;/h3-12,15-16,27H,13-14,17-18H2,1-2H3,(H,33,34)(H,35,36);;/t27-;;/m0../s1. The van der Waals surface area contributed by atoms with E-state index in [1.54, 1.807) is 18.3 Å². The van der Waals surface area contributed by atoms with E-state index in [9.17, 15) is 14.7 Å². The van der Waals surface area contributed by atoms with Crippen molar-refractivity contribution in [1.82, 2.24) is 10.3 Å². The number of amides is 1. The van der Waals surface area contributed by atoms with Gasteiger partial charge in [0.2, 0.25) is 5.89 Å². The van der Waals surface area contributed by atoms with Crippen molar-refractivity contribution in [2.45, 2.75) is 32.6 Å². The van der Waals surface area contributed by atoms with Crippen molar-refractivity contribution in [2.75, 3.05) is 12.0 Å². The maximum absolute atomic E-state index is 13.2. The number of halogens is 1. The second-order valence-corrected chi connectivity index (χ2v) is 10.3. The van der Waals surface area contributed by atoms with E-state index in [4.69, 9.17) is 20.8 Å². The van der Waals surface area contributed by atoms with Gasteiger partial charge in [-0.1, -0.05) is 54.1 Å². The molecule has 4 aromatic rings. The predicted octanol–water partition coefficient (Wildman–Crippen LogP) is 5.97. The van der Waals surface area contributed by atoms with E-state index in [1.165, 1.54) is 11.8 Å². The van der Waals surface area contributed by atoms with Crippen LogP contribution in [0.15, 0.2) is 77.3 Å². The first kappa shape index (κ1) is 31.5. The number of carboxylic acid groups (broad SMARTS) is 1. The Kier molecular flexibility index (Phi) is 11.9. The number of benzene rings is 3. The van der Waals surface area contributed by atoms with Crippen LogP contribution < -0.4 is 5.32 Å². The van der Waals surface area contributed by atoms with Crippen LogP contribution in [0.25, 0.3) is 22.6 Å². The number of nitrogens with zero attached hydrogens (tertiary/aromatic N) is 1. The minimum absolute atomic E-state index is 0. The summed E-state index contributed by atoms with van der Waals surface area (Å²) in [7, 11) is 0. The van der Waals surface area contributed by atoms with E-state index < -0.39 is 17.9 Å². The second-order valence-electron chi connectivity index (χ2n) is 8.94. The number of rotatable bonds is 12. The Hall–Kier alpha value is -2.99. The van der Waals surface area contributed by atoms with Gasteiger partial charge in [0.25, 0.3) is 5.91 Å². The molecule has 3 aromatic carbocycles. The molecule has 204 valence electrons. The average molecular weight is 573 g/mol. The molecule has 1 aromatic heterocycles. The number of ether oxygens (including phenoxy) is 1. The quantitative estimate of drug-likeness (QED) is 0.202. The summed E-state index contributed by atoms with van der Waals surface area (Å²) >= 11 is 7.78. The summed E-state index contributed by atoms with van der Waals surface area (Å²) in [6.07, 6.45) is 3.85. The van der Waals surface area contributed by atoms with Crippen LogP contribution in [0.5, 0.6) is 0 Å². The van der Waals surface area contributed by atoms with E-state index >= 15 is 0 Å². The fourth-order valence-electron chi connectivity index (χ4n) is 4.11. The van der Waals surface area contributed by atoms with Gasteiger partial charge in [0, 0.05) is 5.56 Å². The Bertz CT molecular complexity index is 1460. The van der Waals surface area contributed by atoms with E-state index in [0.717, 1.165) is 16.7 Å². The molecule has 0 bridgehead atoms. The molecular weight excluding hydrogens is 543 g/mol. The molecule has 10 heteroatoms. The number of oxazole rings is 1. The minimum atomic E-state index is -1.05. The van der Waals surface area contributed by atoms with Gasteiger partial charge in [-0.3, -0.25) is 4.79 Å². The van der Waals surface area contributed by atoms with Gasteiger partial charge in [0.15, 0.2) is 5.76 Å². The zero-order chi connectivity index (χ0) is 27.8. The Morgan fingerprint density at radius 2 is 1.77 bits per heavy atom. The molecular formula is C30H30ClLiN2O5S. The first-order valence-electron chi connectivity index (χ1n) is 12.4. The van der Waals surface area contributed by atoms with Gasteiger partial charge in [0.1, 0.15) is 12.6 Å². The van der Waals surface area contributed by atoms with Crippen LogP contribution in [0.3, 0.4) is 0 Å². The number of hydrogen-bond donors (Lipinski definition) is 2. The molecule has 0 fully saturated rings. The summed E-state index contributed by atoms with van der Waals surface area (Å²) in [6.45, 7) is 2.45. The third kappa shape index (κ3) is 8.03. The molecule has 1 atom stereocenters. The number of aryl methyl sites for hydroxylation is 1. The molecule has 0 saturated heterocycles. The van der Waals surface area contributed by atoms with Crippen molar-refractivity contribution in [3.8, 4) is 22.6 Å². The van der Waals surface area contributed by atoms with Crippen molar-refractivity contribution < 1.29 is 23.8 Å². The van der Waals surface area contributed by atoms with Gasteiger partial charge in [-0.2, -0.15) is 11.8 Å². The average Bonchev–Trinajstić information content (AvgIpc) is 3.40. The molecule has 40 heavy (non-hydrogen) atoms. The summed E-state index contributed by atoms with van der Waals surface area (Å²) in [5.74, 6) is 0.134. The third-order valence-corrected chi connectivity index (χ3v) is 7.12. The first-order valence-corrected chi connectivity index (χ1v) is 14.1. The molecule has 0 unspecified atom stereocenters. The molecule has 1 heterocycles. The summed E-state index contributed by atoms with van der Waals surface area (Å²) in [5, 5.41) is 12.8. The van der Waals surface area contributed by atoms with E-state index in [1.807, 2.05) is 67.8 Å². The van der Waals surface area contributed by atoms with Gasteiger partial charge in [-0.25, -0.2) is 9.78 Å². The van der Waals surface area contributed by atoms with Crippen LogP contribution in [-0.4, -0.2) is 58.9 Å². The summed E-state index contributed by atoms with van der Waals surface area (Å²) < 4.78 is 11.7.